The first-order chi connectivity index (χ1) is 11.5. The Morgan fingerprint density at radius 2 is 2.12 bits per heavy atom. The molecule has 1 aliphatic rings. The van der Waals surface area contributed by atoms with Gasteiger partial charge < -0.3 is 14.6 Å². The molecule has 2 heterocycles. The molecule has 0 radical (unpaired) electrons. The van der Waals surface area contributed by atoms with E-state index in [1.807, 2.05) is 32.0 Å². The number of carbonyl (C=O) groups excluding carboxylic acids is 2. The number of nitrogens with one attached hydrogen (secondary N) is 1. The van der Waals surface area contributed by atoms with E-state index < -0.39 is 0 Å². The number of fused-ring (bicyclic) bond motifs is 1. The molecule has 0 spiro atoms. The van der Waals surface area contributed by atoms with Gasteiger partial charge in [0, 0.05) is 24.3 Å². The molecule has 5 heteroatoms. The van der Waals surface area contributed by atoms with Crippen molar-refractivity contribution in [2.24, 2.45) is 5.92 Å². The van der Waals surface area contributed by atoms with Gasteiger partial charge in [-0.25, -0.2) is 0 Å². The molecule has 24 heavy (non-hydrogen) atoms. The second kappa shape index (κ2) is 6.91. The van der Waals surface area contributed by atoms with Crippen LogP contribution in [0, 0.1) is 5.92 Å². The summed E-state index contributed by atoms with van der Waals surface area (Å²) in [5.41, 5.74) is 2.69. The molecule has 3 rings (SSSR count). The number of carbonyl (C=O) groups is 2. The van der Waals surface area contributed by atoms with Crippen molar-refractivity contribution in [3.05, 3.63) is 47.9 Å². The van der Waals surface area contributed by atoms with Crippen LogP contribution in [0.15, 0.2) is 41.0 Å². The zero-order chi connectivity index (χ0) is 17.1. The molecule has 0 aliphatic carbocycles. The van der Waals surface area contributed by atoms with E-state index in [0.29, 0.717) is 24.6 Å². The van der Waals surface area contributed by atoms with Crippen molar-refractivity contribution in [2.45, 2.75) is 33.1 Å². The molecule has 1 N–H and O–H groups in total. The Kier molecular flexibility index (Phi) is 4.69. The molecule has 1 aliphatic heterocycles. The molecule has 1 aromatic carbocycles. The average molecular weight is 326 g/mol. The first kappa shape index (κ1) is 16.3. The molecule has 0 unspecified atom stereocenters. The molecular weight excluding hydrogens is 304 g/mol. The van der Waals surface area contributed by atoms with Gasteiger partial charge in [-0.1, -0.05) is 19.9 Å². The van der Waals surface area contributed by atoms with Crippen molar-refractivity contribution < 1.29 is 14.0 Å². The molecule has 2 aromatic rings. The summed E-state index contributed by atoms with van der Waals surface area (Å²) in [5.74, 6) is 0.480. The highest BCUT2D eigenvalue weighted by atomic mass is 16.3. The summed E-state index contributed by atoms with van der Waals surface area (Å²) in [4.78, 5) is 26.4. The van der Waals surface area contributed by atoms with Crippen molar-refractivity contribution in [1.29, 1.82) is 0 Å². The monoisotopic (exact) mass is 326 g/mol. The molecule has 0 bridgehead atoms. The highest BCUT2D eigenvalue weighted by molar-refractivity contribution is 6.05. The minimum absolute atomic E-state index is 0.00956. The van der Waals surface area contributed by atoms with Gasteiger partial charge in [0.2, 0.25) is 5.91 Å². The SMILES string of the molecule is CC(C)CC(=O)Nc1ccc2c(c1)N(C(=O)c1ccco1)CCC2. The third kappa shape index (κ3) is 3.50. The van der Waals surface area contributed by atoms with Gasteiger partial charge in [-0.15, -0.1) is 0 Å². The molecule has 5 nitrogen and oxygen atoms in total. The van der Waals surface area contributed by atoms with Gasteiger partial charge in [0.15, 0.2) is 5.76 Å². The molecule has 126 valence electrons. The number of nitrogens with zero attached hydrogens (tertiary/aromatic N) is 1. The Hall–Kier alpha value is -2.56. The lowest BCUT2D eigenvalue weighted by Gasteiger charge is -2.29. The van der Waals surface area contributed by atoms with Crippen LogP contribution >= 0.6 is 0 Å². The number of aryl methyl sites for hydroxylation is 1. The summed E-state index contributed by atoms with van der Waals surface area (Å²) >= 11 is 0. The predicted molar refractivity (Wildman–Crippen MR) is 93.2 cm³/mol. The Labute approximate surface area is 141 Å². The fraction of sp³-hybridized carbons (Fsp3) is 0.368. The molecule has 0 fully saturated rings. The summed E-state index contributed by atoms with van der Waals surface area (Å²) in [6.07, 6.45) is 3.82. The maximum absolute atomic E-state index is 12.6. The Balaban J connectivity index is 1.84. The second-order valence-electron chi connectivity index (χ2n) is 6.53. The second-order valence-corrected chi connectivity index (χ2v) is 6.53. The van der Waals surface area contributed by atoms with Crippen LogP contribution in [0.5, 0.6) is 0 Å². The molecule has 0 saturated heterocycles. The normalized spacial score (nSPS) is 13.7. The van der Waals surface area contributed by atoms with Crippen LogP contribution in [0.3, 0.4) is 0 Å². The maximum atomic E-state index is 12.6. The summed E-state index contributed by atoms with van der Waals surface area (Å²) in [6.45, 7) is 4.67. The van der Waals surface area contributed by atoms with E-state index in [-0.39, 0.29) is 11.8 Å². The van der Waals surface area contributed by atoms with E-state index in [9.17, 15) is 9.59 Å². The minimum Gasteiger partial charge on any atom is -0.459 e. The Morgan fingerprint density at radius 3 is 2.83 bits per heavy atom. The molecule has 0 saturated carbocycles. The lowest BCUT2D eigenvalue weighted by atomic mass is 10.0. The summed E-state index contributed by atoms with van der Waals surface area (Å²) in [7, 11) is 0. The van der Waals surface area contributed by atoms with Crippen LogP contribution in [0.2, 0.25) is 0 Å². The quantitative estimate of drug-likeness (QED) is 0.928. The van der Waals surface area contributed by atoms with E-state index in [1.54, 1.807) is 17.0 Å². The number of hydrogen-bond acceptors (Lipinski definition) is 3. The lowest BCUT2D eigenvalue weighted by molar-refractivity contribution is -0.116. The van der Waals surface area contributed by atoms with Crippen molar-refractivity contribution >= 4 is 23.2 Å². The van der Waals surface area contributed by atoms with Gasteiger partial charge in [-0.05, 0) is 48.6 Å². The third-order valence-electron chi connectivity index (χ3n) is 4.06. The summed E-state index contributed by atoms with van der Waals surface area (Å²) < 4.78 is 5.24. The van der Waals surface area contributed by atoms with Gasteiger partial charge >= 0.3 is 0 Å². The number of furan rings is 1. The highest BCUT2D eigenvalue weighted by Gasteiger charge is 2.25. The van der Waals surface area contributed by atoms with Crippen LogP contribution in [-0.4, -0.2) is 18.4 Å². The highest BCUT2D eigenvalue weighted by Crippen LogP contribution is 2.31. The van der Waals surface area contributed by atoms with Gasteiger partial charge in [0.25, 0.3) is 5.91 Å². The van der Waals surface area contributed by atoms with E-state index in [0.717, 1.165) is 29.8 Å². The number of hydrogen-bond donors (Lipinski definition) is 1. The number of amides is 2. The van der Waals surface area contributed by atoms with Crippen LogP contribution in [0.1, 0.15) is 42.8 Å². The van der Waals surface area contributed by atoms with Gasteiger partial charge in [0.05, 0.1) is 6.26 Å². The Bertz CT molecular complexity index is 735. The number of benzene rings is 1. The third-order valence-corrected chi connectivity index (χ3v) is 4.06. The van der Waals surface area contributed by atoms with Crippen LogP contribution in [0.4, 0.5) is 11.4 Å². The van der Waals surface area contributed by atoms with Crippen molar-refractivity contribution in [3.8, 4) is 0 Å². The van der Waals surface area contributed by atoms with E-state index >= 15 is 0 Å². The first-order valence-electron chi connectivity index (χ1n) is 8.32. The first-order valence-corrected chi connectivity index (χ1v) is 8.32. The van der Waals surface area contributed by atoms with Gasteiger partial charge in [0.1, 0.15) is 0 Å². The van der Waals surface area contributed by atoms with E-state index in [2.05, 4.69) is 5.32 Å². The maximum Gasteiger partial charge on any atom is 0.293 e. The smallest absolute Gasteiger partial charge is 0.293 e. The Morgan fingerprint density at radius 1 is 1.29 bits per heavy atom. The zero-order valence-electron chi connectivity index (χ0n) is 14.0. The molecule has 1 aromatic heterocycles. The minimum atomic E-state index is -0.147. The number of rotatable bonds is 4. The summed E-state index contributed by atoms with van der Waals surface area (Å²) in [6, 6.07) is 9.15. The lowest BCUT2D eigenvalue weighted by Crippen LogP contribution is -2.35. The van der Waals surface area contributed by atoms with Gasteiger partial charge in [-0.2, -0.15) is 0 Å². The van der Waals surface area contributed by atoms with Crippen LogP contribution < -0.4 is 10.2 Å². The summed E-state index contributed by atoms with van der Waals surface area (Å²) in [5, 5.41) is 2.92. The van der Waals surface area contributed by atoms with Crippen molar-refractivity contribution in [2.75, 3.05) is 16.8 Å². The van der Waals surface area contributed by atoms with Crippen molar-refractivity contribution in [3.63, 3.8) is 0 Å². The van der Waals surface area contributed by atoms with Crippen molar-refractivity contribution in [1.82, 2.24) is 0 Å². The predicted octanol–water partition coefficient (Wildman–Crippen LogP) is 3.86. The molecule has 2 amide bonds. The number of anilines is 2. The topological polar surface area (TPSA) is 62.6 Å². The molecule has 0 atom stereocenters. The standard InChI is InChI=1S/C19H22N2O3/c1-13(2)11-18(22)20-15-8-7-14-5-3-9-21(16(14)12-15)19(23)17-6-4-10-24-17/h4,6-8,10,12-13H,3,5,9,11H2,1-2H3,(H,20,22). The van der Waals surface area contributed by atoms with Crippen LogP contribution in [0.25, 0.3) is 0 Å². The fourth-order valence-corrected chi connectivity index (χ4v) is 2.98. The van der Waals surface area contributed by atoms with E-state index in [4.69, 9.17) is 4.42 Å². The van der Waals surface area contributed by atoms with E-state index in [1.165, 1.54) is 6.26 Å². The zero-order valence-corrected chi connectivity index (χ0v) is 14.0. The van der Waals surface area contributed by atoms with Crippen LogP contribution in [-0.2, 0) is 11.2 Å². The largest absolute Gasteiger partial charge is 0.459 e. The van der Waals surface area contributed by atoms with Gasteiger partial charge in [-0.3, -0.25) is 9.59 Å². The molecular formula is C19H22N2O3. The average Bonchev–Trinajstić information content (AvgIpc) is 3.07. The fourth-order valence-electron chi connectivity index (χ4n) is 2.98.